The van der Waals surface area contributed by atoms with E-state index in [4.69, 9.17) is 24.3 Å². The van der Waals surface area contributed by atoms with Gasteiger partial charge in [-0.1, -0.05) is 242 Å². The minimum atomic E-state index is -4.29. The highest BCUT2D eigenvalue weighted by molar-refractivity contribution is 7.47. The summed E-state index contributed by atoms with van der Waals surface area (Å²) in [5.41, 5.74) is 5.39. The van der Waals surface area contributed by atoms with Crippen molar-refractivity contribution in [2.45, 2.75) is 251 Å². The summed E-state index contributed by atoms with van der Waals surface area (Å²) in [6.45, 7) is 4.81. The van der Waals surface area contributed by atoms with Crippen molar-refractivity contribution in [3.8, 4) is 0 Å². The third-order valence-electron chi connectivity index (χ3n) is 11.4. The Morgan fingerprint density at radius 3 is 1.31 bits per heavy atom. The summed E-state index contributed by atoms with van der Waals surface area (Å²) in [5.74, 6) is -0.332. The van der Waals surface area contributed by atoms with Crippen LogP contribution in [0.3, 0.4) is 0 Å². The quantitative estimate of drug-likeness (QED) is 0.0268. The molecule has 64 heavy (non-hydrogen) atoms. The van der Waals surface area contributed by atoms with Crippen molar-refractivity contribution in [2.24, 2.45) is 5.73 Å². The second kappa shape index (κ2) is 52.2. The van der Waals surface area contributed by atoms with E-state index in [0.717, 1.165) is 77.0 Å². The van der Waals surface area contributed by atoms with Crippen LogP contribution in [-0.2, 0) is 27.9 Å². The number of allylic oxidation sites excluding steroid dienone is 10. The maximum Gasteiger partial charge on any atom is 0.472 e. The number of ether oxygens (including phenoxy) is 2. The van der Waals surface area contributed by atoms with Crippen molar-refractivity contribution in [2.75, 3.05) is 33.0 Å². The summed E-state index contributed by atoms with van der Waals surface area (Å²) in [6.07, 6.45) is 65.5. The van der Waals surface area contributed by atoms with Gasteiger partial charge in [0.1, 0.15) is 6.10 Å². The lowest BCUT2D eigenvalue weighted by Gasteiger charge is -2.20. The Kier molecular flexibility index (Phi) is 50.7. The molecule has 0 aromatic heterocycles. The molecule has 0 radical (unpaired) electrons. The average molecular weight is 920 g/mol. The lowest BCUT2D eigenvalue weighted by molar-refractivity contribution is -0.154. The van der Waals surface area contributed by atoms with Crippen LogP contribution in [0.4, 0.5) is 0 Å². The number of phosphoric acid groups is 1. The molecule has 0 heterocycles. The molecule has 374 valence electrons. The van der Waals surface area contributed by atoms with Crippen molar-refractivity contribution in [1.82, 2.24) is 0 Å². The number of nitrogens with two attached hydrogens (primary N) is 1. The lowest BCUT2D eigenvalue weighted by Crippen LogP contribution is -2.28. The van der Waals surface area contributed by atoms with E-state index in [1.54, 1.807) is 0 Å². The highest BCUT2D eigenvalue weighted by atomic mass is 31.2. The number of esters is 1. The fraction of sp³-hybridized carbons (Fsp3) is 0.800. The predicted molar refractivity (Wildman–Crippen MR) is 275 cm³/mol. The molecule has 0 aromatic carbocycles. The zero-order chi connectivity index (χ0) is 46.5. The normalized spacial score (nSPS) is 13.8. The van der Waals surface area contributed by atoms with Crippen molar-refractivity contribution in [3.63, 3.8) is 0 Å². The summed E-state index contributed by atoms with van der Waals surface area (Å²) in [4.78, 5) is 22.6. The first kappa shape index (κ1) is 62.2. The van der Waals surface area contributed by atoms with Gasteiger partial charge in [0.2, 0.25) is 0 Å². The Hall–Kier alpha value is -1.80. The van der Waals surface area contributed by atoms with Gasteiger partial charge in [-0.2, -0.15) is 0 Å². The minimum Gasteiger partial charge on any atom is -0.457 e. The number of hydrogen-bond acceptors (Lipinski definition) is 7. The number of unbranched alkanes of at least 4 members (excludes halogenated alkanes) is 28. The van der Waals surface area contributed by atoms with Gasteiger partial charge in [-0.05, 0) is 57.8 Å². The van der Waals surface area contributed by atoms with Crippen LogP contribution in [-0.4, -0.2) is 49.9 Å². The number of hydrogen-bond donors (Lipinski definition) is 2. The van der Waals surface area contributed by atoms with Crippen LogP contribution in [0.25, 0.3) is 0 Å². The van der Waals surface area contributed by atoms with Crippen molar-refractivity contribution >= 4 is 13.8 Å². The molecule has 0 saturated heterocycles. The maximum absolute atomic E-state index is 12.7. The van der Waals surface area contributed by atoms with Crippen LogP contribution in [0.1, 0.15) is 245 Å². The third kappa shape index (κ3) is 51.2. The number of phosphoric ester groups is 1. The zero-order valence-electron chi connectivity index (χ0n) is 41.8. The highest BCUT2D eigenvalue weighted by Gasteiger charge is 2.25. The van der Waals surface area contributed by atoms with Gasteiger partial charge in [0.05, 0.1) is 19.8 Å². The van der Waals surface area contributed by atoms with Crippen LogP contribution in [0.15, 0.2) is 60.8 Å². The molecule has 0 saturated carbocycles. The number of rotatable bonds is 51. The molecule has 9 heteroatoms. The summed E-state index contributed by atoms with van der Waals surface area (Å²) in [5, 5.41) is 0. The van der Waals surface area contributed by atoms with Gasteiger partial charge in [0, 0.05) is 19.6 Å². The van der Waals surface area contributed by atoms with Gasteiger partial charge in [0.25, 0.3) is 0 Å². The zero-order valence-corrected chi connectivity index (χ0v) is 42.7. The Balaban J connectivity index is 3.94. The third-order valence-corrected chi connectivity index (χ3v) is 12.4. The van der Waals surface area contributed by atoms with E-state index in [1.165, 1.54) is 148 Å². The molecule has 8 nitrogen and oxygen atoms in total. The van der Waals surface area contributed by atoms with E-state index in [0.29, 0.717) is 13.0 Å². The molecule has 0 fully saturated rings. The molecule has 2 unspecified atom stereocenters. The summed E-state index contributed by atoms with van der Waals surface area (Å²) in [6, 6.07) is 0. The Morgan fingerprint density at radius 2 is 0.875 bits per heavy atom. The summed E-state index contributed by atoms with van der Waals surface area (Å²) >= 11 is 0. The minimum absolute atomic E-state index is 0.0965. The first-order chi connectivity index (χ1) is 31.4. The van der Waals surface area contributed by atoms with Crippen molar-refractivity contribution in [3.05, 3.63) is 60.8 Å². The monoisotopic (exact) mass is 920 g/mol. The van der Waals surface area contributed by atoms with Gasteiger partial charge in [-0.25, -0.2) is 4.57 Å². The SMILES string of the molecule is CC/C=C\C/C=C\C/C=C\C/C=C\C/C=C\CCCCCCCCOCC(COP(=O)(O)OCCN)OC(=O)CCCCCCCCCCCCCCCCCCCCCCCCC. The molecule has 0 rings (SSSR count). The Morgan fingerprint density at radius 1 is 0.484 bits per heavy atom. The Labute approximate surface area is 395 Å². The van der Waals surface area contributed by atoms with Gasteiger partial charge in [-0.15, -0.1) is 0 Å². The van der Waals surface area contributed by atoms with E-state index in [1.807, 2.05) is 0 Å². The first-order valence-electron chi connectivity index (χ1n) is 26.8. The lowest BCUT2D eigenvalue weighted by atomic mass is 10.0. The summed E-state index contributed by atoms with van der Waals surface area (Å²) in [7, 11) is -4.29. The predicted octanol–water partition coefficient (Wildman–Crippen LogP) is 16.9. The molecule has 0 amide bonds. The molecule has 0 spiro atoms. The molecule has 2 atom stereocenters. The van der Waals surface area contributed by atoms with Gasteiger partial charge >= 0.3 is 13.8 Å². The van der Waals surface area contributed by atoms with Crippen molar-refractivity contribution < 1.29 is 32.8 Å². The smallest absolute Gasteiger partial charge is 0.457 e. The fourth-order valence-corrected chi connectivity index (χ4v) is 8.32. The molecule has 0 aromatic rings. The van der Waals surface area contributed by atoms with Crippen LogP contribution in [0.5, 0.6) is 0 Å². The fourth-order valence-electron chi connectivity index (χ4n) is 7.56. The standard InChI is InChI=1S/C55H102NO7P/c1-3-5-7-9-11-13-15-17-19-21-23-25-27-28-30-32-34-36-38-40-42-44-46-48-55(57)63-54(53-62-64(58,59)61-51-49-56)52-60-50-47-45-43-41-39-37-35-33-31-29-26-24-22-20-18-16-14-12-10-8-6-4-2/h6,8,12,14,18,20,24,26,31,33,54H,3-5,7,9-11,13,15-17,19,21-23,25,27-30,32,34-53,56H2,1-2H3,(H,58,59)/b8-6-,14-12-,20-18-,26-24-,33-31-. The van der Waals surface area contributed by atoms with E-state index < -0.39 is 13.9 Å². The second-order valence-corrected chi connectivity index (χ2v) is 19.2. The molecular weight excluding hydrogens is 818 g/mol. The van der Waals surface area contributed by atoms with Crippen molar-refractivity contribution in [1.29, 1.82) is 0 Å². The topological polar surface area (TPSA) is 117 Å². The largest absolute Gasteiger partial charge is 0.472 e. The van der Waals surface area contributed by atoms with Gasteiger partial charge in [0.15, 0.2) is 0 Å². The van der Waals surface area contributed by atoms with Crippen LogP contribution < -0.4 is 5.73 Å². The molecule has 0 aliphatic rings. The number of carbonyl (C=O) groups excluding carboxylic acids is 1. The average Bonchev–Trinajstić information content (AvgIpc) is 3.29. The Bertz CT molecular complexity index is 1170. The maximum atomic E-state index is 12.7. The molecule has 3 N–H and O–H groups in total. The molecule has 0 bridgehead atoms. The molecular formula is C55H102NO7P. The molecule has 0 aliphatic carbocycles. The second-order valence-electron chi connectivity index (χ2n) is 17.7. The first-order valence-corrected chi connectivity index (χ1v) is 28.3. The van der Waals surface area contributed by atoms with Crippen LogP contribution >= 0.6 is 7.82 Å². The van der Waals surface area contributed by atoms with Gasteiger partial charge < -0.3 is 20.1 Å². The van der Waals surface area contributed by atoms with Crippen LogP contribution in [0, 0.1) is 0 Å². The van der Waals surface area contributed by atoms with E-state index in [9.17, 15) is 14.3 Å². The van der Waals surface area contributed by atoms with E-state index in [2.05, 4.69) is 74.6 Å². The van der Waals surface area contributed by atoms with Gasteiger partial charge in [-0.3, -0.25) is 13.8 Å². The molecule has 0 aliphatic heterocycles. The summed E-state index contributed by atoms with van der Waals surface area (Å²) < 4.78 is 33.6. The number of carbonyl (C=O) groups is 1. The van der Waals surface area contributed by atoms with E-state index >= 15 is 0 Å². The van der Waals surface area contributed by atoms with Crippen LogP contribution in [0.2, 0.25) is 0 Å². The highest BCUT2D eigenvalue weighted by Crippen LogP contribution is 2.43. The van der Waals surface area contributed by atoms with E-state index in [-0.39, 0.29) is 32.3 Å².